The molecule has 20 heavy (non-hydrogen) atoms. The Kier molecular flexibility index (Phi) is 4.70. The van der Waals surface area contributed by atoms with Gasteiger partial charge in [0, 0.05) is 36.9 Å². The molecule has 1 aromatic rings. The Labute approximate surface area is 118 Å². The standard InChI is InChI=1S/C14H20N4O2/c1-10-8-18(7-6-16-10)9-13(19)17-12-4-2-11(3-5-12)14(15)20/h2-5,10,16H,6-9H2,1H3,(H2,15,20)(H,17,19). The van der Waals surface area contributed by atoms with E-state index in [0.29, 0.717) is 23.8 Å². The molecule has 2 amide bonds. The van der Waals surface area contributed by atoms with E-state index in [0.717, 1.165) is 19.6 Å². The molecule has 1 unspecified atom stereocenters. The smallest absolute Gasteiger partial charge is 0.248 e. The molecule has 0 bridgehead atoms. The fourth-order valence-corrected chi connectivity index (χ4v) is 2.28. The topological polar surface area (TPSA) is 87.5 Å². The van der Waals surface area contributed by atoms with Gasteiger partial charge >= 0.3 is 0 Å². The molecule has 1 aromatic carbocycles. The van der Waals surface area contributed by atoms with E-state index in [2.05, 4.69) is 22.5 Å². The van der Waals surface area contributed by atoms with Gasteiger partial charge in [0.15, 0.2) is 0 Å². The fraction of sp³-hybridized carbons (Fsp3) is 0.429. The normalized spacial score (nSPS) is 19.6. The second-order valence-electron chi connectivity index (χ2n) is 5.08. The highest BCUT2D eigenvalue weighted by Gasteiger charge is 2.17. The third kappa shape index (κ3) is 4.04. The van der Waals surface area contributed by atoms with Crippen LogP contribution >= 0.6 is 0 Å². The Morgan fingerprint density at radius 3 is 2.70 bits per heavy atom. The SMILES string of the molecule is CC1CN(CC(=O)Nc2ccc(C(N)=O)cc2)CCN1. The molecule has 1 aliphatic heterocycles. The van der Waals surface area contributed by atoms with Crippen molar-refractivity contribution in [2.24, 2.45) is 5.73 Å². The van der Waals surface area contributed by atoms with Gasteiger partial charge in [0.25, 0.3) is 0 Å². The lowest BCUT2D eigenvalue weighted by Crippen LogP contribution is -2.51. The Balaban J connectivity index is 1.86. The van der Waals surface area contributed by atoms with Crippen molar-refractivity contribution in [3.05, 3.63) is 29.8 Å². The summed E-state index contributed by atoms with van der Waals surface area (Å²) in [4.78, 5) is 25.0. The van der Waals surface area contributed by atoms with Crippen LogP contribution in [0.4, 0.5) is 5.69 Å². The molecule has 2 rings (SSSR count). The van der Waals surface area contributed by atoms with Crippen LogP contribution in [-0.2, 0) is 4.79 Å². The molecule has 1 atom stereocenters. The maximum Gasteiger partial charge on any atom is 0.248 e. The number of primary amides is 1. The lowest BCUT2D eigenvalue weighted by atomic mass is 10.2. The van der Waals surface area contributed by atoms with Gasteiger partial charge < -0.3 is 16.4 Å². The molecule has 1 fully saturated rings. The summed E-state index contributed by atoms with van der Waals surface area (Å²) in [7, 11) is 0. The maximum atomic E-state index is 11.9. The monoisotopic (exact) mass is 276 g/mol. The van der Waals surface area contributed by atoms with E-state index in [-0.39, 0.29) is 5.91 Å². The van der Waals surface area contributed by atoms with Gasteiger partial charge in [-0.1, -0.05) is 0 Å². The zero-order valence-electron chi connectivity index (χ0n) is 11.6. The van der Waals surface area contributed by atoms with Crippen LogP contribution in [0.1, 0.15) is 17.3 Å². The van der Waals surface area contributed by atoms with Gasteiger partial charge in [-0.05, 0) is 31.2 Å². The van der Waals surface area contributed by atoms with E-state index in [1.165, 1.54) is 0 Å². The molecule has 1 aliphatic rings. The van der Waals surface area contributed by atoms with Crippen LogP contribution in [0.25, 0.3) is 0 Å². The van der Waals surface area contributed by atoms with E-state index in [1.54, 1.807) is 24.3 Å². The second kappa shape index (κ2) is 6.49. The van der Waals surface area contributed by atoms with Crippen molar-refractivity contribution >= 4 is 17.5 Å². The summed E-state index contributed by atoms with van der Waals surface area (Å²) in [6.07, 6.45) is 0. The number of nitrogens with one attached hydrogen (secondary N) is 2. The van der Waals surface area contributed by atoms with Crippen LogP contribution in [0, 0.1) is 0 Å². The predicted molar refractivity (Wildman–Crippen MR) is 77.5 cm³/mol. The highest BCUT2D eigenvalue weighted by atomic mass is 16.2. The average Bonchev–Trinajstić information content (AvgIpc) is 2.39. The number of amides is 2. The number of nitrogens with zero attached hydrogens (tertiary/aromatic N) is 1. The maximum absolute atomic E-state index is 11.9. The molecule has 1 heterocycles. The lowest BCUT2D eigenvalue weighted by Gasteiger charge is -2.31. The fourth-order valence-electron chi connectivity index (χ4n) is 2.28. The predicted octanol–water partition coefficient (Wildman–Crippen LogP) is 0.0177. The van der Waals surface area contributed by atoms with Gasteiger partial charge in [-0.2, -0.15) is 0 Å². The zero-order valence-corrected chi connectivity index (χ0v) is 11.6. The molecule has 108 valence electrons. The van der Waals surface area contributed by atoms with Crippen LogP contribution in [0.3, 0.4) is 0 Å². The van der Waals surface area contributed by atoms with E-state index in [4.69, 9.17) is 5.73 Å². The molecule has 0 aromatic heterocycles. The van der Waals surface area contributed by atoms with Crippen molar-refractivity contribution in [3.63, 3.8) is 0 Å². The molecule has 0 spiro atoms. The Bertz CT molecular complexity index is 486. The first-order valence-corrected chi connectivity index (χ1v) is 6.70. The lowest BCUT2D eigenvalue weighted by molar-refractivity contribution is -0.117. The third-order valence-electron chi connectivity index (χ3n) is 3.27. The van der Waals surface area contributed by atoms with Crippen molar-refractivity contribution in [1.82, 2.24) is 10.2 Å². The molecule has 0 radical (unpaired) electrons. The Morgan fingerprint density at radius 2 is 2.10 bits per heavy atom. The number of hydrogen-bond donors (Lipinski definition) is 3. The van der Waals surface area contributed by atoms with Crippen LogP contribution in [0.2, 0.25) is 0 Å². The molecular weight excluding hydrogens is 256 g/mol. The van der Waals surface area contributed by atoms with Crippen molar-refractivity contribution in [2.45, 2.75) is 13.0 Å². The summed E-state index contributed by atoms with van der Waals surface area (Å²) in [5.74, 6) is -0.524. The van der Waals surface area contributed by atoms with Crippen LogP contribution in [-0.4, -0.2) is 48.9 Å². The number of hydrogen-bond acceptors (Lipinski definition) is 4. The highest BCUT2D eigenvalue weighted by Crippen LogP contribution is 2.09. The van der Waals surface area contributed by atoms with Crippen molar-refractivity contribution in [1.29, 1.82) is 0 Å². The first kappa shape index (κ1) is 14.5. The summed E-state index contributed by atoms with van der Waals surface area (Å²) in [5.41, 5.74) is 6.26. The first-order valence-electron chi connectivity index (χ1n) is 6.70. The molecule has 1 saturated heterocycles. The summed E-state index contributed by atoms with van der Waals surface area (Å²) in [5, 5.41) is 6.15. The minimum atomic E-state index is -0.474. The summed E-state index contributed by atoms with van der Waals surface area (Å²) >= 11 is 0. The summed E-state index contributed by atoms with van der Waals surface area (Å²) < 4.78 is 0. The van der Waals surface area contributed by atoms with Gasteiger partial charge in [0.2, 0.25) is 11.8 Å². The average molecular weight is 276 g/mol. The quantitative estimate of drug-likeness (QED) is 0.723. The molecule has 0 aliphatic carbocycles. The van der Waals surface area contributed by atoms with Crippen LogP contribution in [0.15, 0.2) is 24.3 Å². The Morgan fingerprint density at radius 1 is 1.40 bits per heavy atom. The molecule has 6 heteroatoms. The van der Waals surface area contributed by atoms with Gasteiger partial charge in [0.05, 0.1) is 6.54 Å². The zero-order chi connectivity index (χ0) is 14.5. The molecule has 0 saturated carbocycles. The molecular formula is C14H20N4O2. The summed E-state index contributed by atoms with van der Waals surface area (Å²) in [6.45, 7) is 5.13. The van der Waals surface area contributed by atoms with Gasteiger partial charge in [-0.15, -0.1) is 0 Å². The van der Waals surface area contributed by atoms with E-state index < -0.39 is 5.91 Å². The highest BCUT2D eigenvalue weighted by molar-refractivity contribution is 5.95. The van der Waals surface area contributed by atoms with E-state index in [9.17, 15) is 9.59 Å². The minimum Gasteiger partial charge on any atom is -0.366 e. The summed E-state index contributed by atoms with van der Waals surface area (Å²) in [6, 6.07) is 6.97. The van der Waals surface area contributed by atoms with Gasteiger partial charge in [0.1, 0.15) is 0 Å². The number of carbonyl (C=O) groups excluding carboxylic acids is 2. The van der Waals surface area contributed by atoms with Crippen molar-refractivity contribution in [3.8, 4) is 0 Å². The molecule has 4 N–H and O–H groups in total. The number of nitrogens with two attached hydrogens (primary N) is 1. The third-order valence-corrected chi connectivity index (χ3v) is 3.27. The first-order chi connectivity index (χ1) is 9.54. The largest absolute Gasteiger partial charge is 0.366 e. The van der Waals surface area contributed by atoms with Crippen LogP contribution in [0.5, 0.6) is 0 Å². The van der Waals surface area contributed by atoms with Gasteiger partial charge in [-0.3, -0.25) is 14.5 Å². The number of benzene rings is 1. The van der Waals surface area contributed by atoms with Gasteiger partial charge in [-0.25, -0.2) is 0 Å². The van der Waals surface area contributed by atoms with Crippen molar-refractivity contribution in [2.75, 3.05) is 31.5 Å². The number of rotatable bonds is 4. The number of anilines is 1. The number of carbonyl (C=O) groups is 2. The molecule has 6 nitrogen and oxygen atoms in total. The number of piperazine rings is 1. The van der Waals surface area contributed by atoms with E-state index >= 15 is 0 Å². The minimum absolute atomic E-state index is 0.0501. The van der Waals surface area contributed by atoms with Crippen molar-refractivity contribution < 1.29 is 9.59 Å². The second-order valence-corrected chi connectivity index (χ2v) is 5.08. The Hall–Kier alpha value is -1.92. The van der Waals surface area contributed by atoms with Crippen LogP contribution < -0.4 is 16.4 Å². The van der Waals surface area contributed by atoms with E-state index in [1.807, 2.05) is 0 Å².